The Kier molecular flexibility index (Phi) is 7.69. The van der Waals surface area contributed by atoms with Crippen molar-refractivity contribution in [3.63, 3.8) is 0 Å². The molecule has 4 nitrogen and oxygen atoms in total. The number of rotatable bonds is 9. The molecule has 2 unspecified atom stereocenters. The molecule has 114 valence electrons. The molecule has 1 rings (SSSR count). The highest BCUT2D eigenvalue weighted by Gasteiger charge is 2.19. The minimum Gasteiger partial charge on any atom is -0.489 e. The molecular weight excluding hydrogens is 298 g/mol. The Morgan fingerprint density at radius 2 is 2.15 bits per heavy atom. The fourth-order valence-corrected chi connectivity index (χ4v) is 2.59. The normalized spacial score (nSPS) is 15.7. The van der Waals surface area contributed by atoms with Crippen LogP contribution in [-0.2, 0) is 0 Å². The maximum Gasteiger partial charge on any atom is 0.138 e. The zero-order valence-corrected chi connectivity index (χ0v) is 13.4. The van der Waals surface area contributed by atoms with Crippen molar-refractivity contribution in [1.29, 1.82) is 0 Å². The summed E-state index contributed by atoms with van der Waals surface area (Å²) in [5, 5.41) is 23.3. The predicted octanol–water partition coefficient (Wildman–Crippen LogP) is 1.78. The van der Waals surface area contributed by atoms with Crippen molar-refractivity contribution >= 4 is 23.4 Å². The molecule has 0 saturated carbocycles. The molecule has 0 aliphatic rings. The van der Waals surface area contributed by atoms with E-state index in [4.69, 9.17) is 16.3 Å². The minimum atomic E-state index is -0.775. The molecule has 0 bridgehead atoms. The van der Waals surface area contributed by atoms with Crippen molar-refractivity contribution in [3.8, 4) is 5.75 Å². The van der Waals surface area contributed by atoms with Crippen LogP contribution in [0.1, 0.15) is 6.92 Å². The van der Waals surface area contributed by atoms with Gasteiger partial charge in [-0.3, -0.25) is 0 Å². The summed E-state index contributed by atoms with van der Waals surface area (Å²) in [4.78, 5) is 0. The summed E-state index contributed by atoms with van der Waals surface area (Å²) in [5.41, 5.74) is -0.775. The SMILES string of the molecule is CSCC(C)(O)CNCC(O)COc1ccccc1Cl. The van der Waals surface area contributed by atoms with E-state index < -0.39 is 11.7 Å². The third-order valence-electron chi connectivity index (χ3n) is 2.61. The molecule has 20 heavy (non-hydrogen) atoms. The predicted molar refractivity (Wildman–Crippen MR) is 84.8 cm³/mol. The molecule has 0 spiro atoms. The number of benzene rings is 1. The van der Waals surface area contributed by atoms with Gasteiger partial charge in [-0.25, -0.2) is 0 Å². The molecule has 1 aromatic rings. The summed E-state index contributed by atoms with van der Waals surface area (Å²) in [7, 11) is 0. The lowest BCUT2D eigenvalue weighted by Gasteiger charge is -2.23. The maximum atomic E-state index is 9.96. The van der Waals surface area contributed by atoms with Crippen LogP contribution in [0.2, 0.25) is 5.02 Å². The molecule has 2 atom stereocenters. The second-order valence-electron chi connectivity index (χ2n) is 4.96. The first kappa shape index (κ1) is 17.6. The lowest BCUT2D eigenvalue weighted by Crippen LogP contribution is -2.43. The van der Waals surface area contributed by atoms with Crippen LogP contribution in [0.25, 0.3) is 0 Å². The summed E-state index contributed by atoms with van der Waals surface area (Å²) >= 11 is 7.53. The Morgan fingerprint density at radius 1 is 1.45 bits per heavy atom. The molecule has 6 heteroatoms. The second-order valence-corrected chi connectivity index (χ2v) is 6.23. The van der Waals surface area contributed by atoms with Gasteiger partial charge in [0.1, 0.15) is 18.5 Å². The molecule has 0 heterocycles. The molecule has 0 radical (unpaired) electrons. The molecular formula is C14H22ClNO3S. The lowest BCUT2D eigenvalue weighted by molar-refractivity contribution is 0.0701. The third kappa shape index (κ3) is 6.81. The monoisotopic (exact) mass is 319 g/mol. The van der Waals surface area contributed by atoms with Crippen LogP contribution in [-0.4, -0.2) is 53.6 Å². The quantitative estimate of drug-likeness (QED) is 0.648. The maximum absolute atomic E-state index is 9.96. The molecule has 0 aliphatic carbocycles. The average molecular weight is 320 g/mol. The molecule has 0 saturated heterocycles. The summed E-state index contributed by atoms with van der Waals surface area (Å²) < 4.78 is 5.44. The molecule has 0 amide bonds. The minimum absolute atomic E-state index is 0.154. The zero-order chi connectivity index (χ0) is 15.0. The van der Waals surface area contributed by atoms with Gasteiger partial charge >= 0.3 is 0 Å². The first-order valence-corrected chi connectivity index (χ1v) is 8.19. The van der Waals surface area contributed by atoms with Crippen LogP contribution in [0.5, 0.6) is 5.75 Å². The first-order valence-electron chi connectivity index (χ1n) is 6.42. The van der Waals surface area contributed by atoms with Crippen molar-refractivity contribution in [1.82, 2.24) is 5.32 Å². The fourth-order valence-electron chi connectivity index (χ4n) is 1.68. The standard InChI is InChI=1S/C14H22ClNO3S/c1-14(18,10-20-2)9-16-7-11(17)8-19-13-6-4-3-5-12(13)15/h3-6,11,16-18H,7-10H2,1-2H3. The van der Waals surface area contributed by atoms with Crippen LogP contribution in [0.4, 0.5) is 0 Å². The summed E-state index contributed by atoms with van der Waals surface area (Å²) in [6.45, 7) is 2.70. The Balaban J connectivity index is 2.24. The molecule has 1 aromatic carbocycles. The van der Waals surface area contributed by atoms with Gasteiger partial charge in [-0.1, -0.05) is 23.7 Å². The van der Waals surface area contributed by atoms with E-state index in [0.29, 0.717) is 29.6 Å². The smallest absolute Gasteiger partial charge is 0.138 e. The van der Waals surface area contributed by atoms with Gasteiger partial charge < -0.3 is 20.3 Å². The molecule has 0 aromatic heterocycles. The molecule has 0 fully saturated rings. The number of thioether (sulfide) groups is 1. The molecule has 3 N–H and O–H groups in total. The van der Waals surface area contributed by atoms with Gasteiger partial charge in [0.25, 0.3) is 0 Å². The van der Waals surface area contributed by atoms with Crippen LogP contribution < -0.4 is 10.1 Å². The second kappa shape index (κ2) is 8.74. The number of hydrogen-bond acceptors (Lipinski definition) is 5. The van der Waals surface area contributed by atoms with Gasteiger partial charge in [0.2, 0.25) is 0 Å². The van der Waals surface area contributed by atoms with Crippen molar-refractivity contribution in [2.24, 2.45) is 0 Å². The van der Waals surface area contributed by atoms with Crippen LogP contribution >= 0.6 is 23.4 Å². The fraction of sp³-hybridized carbons (Fsp3) is 0.571. The van der Waals surface area contributed by atoms with Crippen molar-refractivity contribution < 1.29 is 14.9 Å². The number of aliphatic hydroxyl groups excluding tert-OH is 1. The molecule has 0 aliphatic heterocycles. The van der Waals surface area contributed by atoms with Gasteiger partial charge in [0.15, 0.2) is 0 Å². The van der Waals surface area contributed by atoms with Crippen LogP contribution in [0, 0.1) is 0 Å². The Hall–Kier alpha value is -0.460. The number of ether oxygens (including phenoxy) is 1. The van der Waals surface area contributed by atoms with E-state index in [9.17, 15) is 10.2 Å². The Bertz CT molecular complexity index is 404. The highest BCUT2D eigenvalue weighted by Crippen LogP contribution is 2.23. The van der Waals surface area contributed by atoms with Gasteiger partial charge in [0, 0.05) is 18.8 Å². The van der Waals surface area contributed by atoms with Gasteiger partial charge in [0.05, 0.1) is 10.6 Å². The number of para-hydroxylation sites is 1. The first-order chi connectivity index (χ1) is 9.44. The van der Waals surface area contributed by atoms with Crippen molar-refractivity contribution in [2.75, 3.05) is 31.7 Å². The van der Waals surface area contributed by atoms with Crippen molar-refractivity contribution in [2.45, 2.75) is 18.6 Å². The van der Waals surface area contributed by atoms with E-state index >= 15 is 0 Å². The lowest BCUT2D eigenvalue weighted by atomic mass is 10.1. The number of nitrogens with one attached hydrogen (secondary N) is 1. The van der Waals surface area contributed by atoms with Gasteiger partial charge in [-0.2, -0.15) is 11.8 Å². The van der Waals surface area contributed by atoms with E-state index in [2.05, 4.69) is 5.32 Å². The average Bonchev–Trinajstić information content (AvgIpc) is 2.37. The topological polar surface area (TPSA) is 61.7 Å². The highest BCUT2D eigenvalue weighted by molar-refractivity contribution is 7.98. The van der Waals surface area contributed by atoms with Crippen LogP contribution in [0.15, 0.2) is 24.3 Å². The number of halogens is 1. The summed E-state index contributed by atoms with van der Waals surface area (Å²) in [6.07, 6.45) is 1.29. The van der Waals surface area contributed by atoms with E-state index in [1.807, 2.05) is 18.4 Å². The van der Waals surface area contributed by atoms with Gasteiger partial charge in [-0.05, 0) is 25.3 Å². The van der Waals surface area contributed by atoms with E-state index in [-0.39, 0.29) is 6.61 Å². The van der Waals surface area contributed by atoms with Crippen molar-refractivity contribution in [3.05, 3.63) is 29.3 Å². The Labute approximate surface area is 129 Å². The van der Waals surface area contributed by atoms with E-state index in [1.165, 1.54) is 0 Å². The number of hydrogen-bond donors (Lipinski definition) is 3. The largest absolute Gasteiger partial charge is 0.489 e. The summed E-state index contributed by atoms with van der Waals surface area (Å²) in [5.74, 6) is 1.20. The third-order valence-corrected chi connectivity index (χ3v) is 3.83. The van der Waals surface area contributed by atoms with Crippen LogP contribution in [0.3, 0.4) is 0 Å². The Morgan fingerprint density at radius 3 is 2.80 bits per heavy atom. The zero-order valence-electron chi connectivity index (χ0n) is 11.8. The number of aliphatic hydroxyl groups is 2. The van der Waals surface area contributed by atoms with Gasteiger partial charge in [-0.15, -0.1) is 0 Å². The highest BCUT2D eigenvalue weighted by atomic mass is 35.5. The summed E-state index contributed by atoms with van der Waals surface area (Å²) in [6, 6.07) is 7.14. The van der Waals surface area contributed by atoms with E-state index in [0.717, 1.165) is 0 Å². The van der Waals surface area contributed by atoms with E-state index in [1.54, 1.807) is 30.8 Å².